The molecular weight excluding hydrogens is 369 g/mol. The van der Waals surface area contributed by atoms with E-state index in [1.54, 1.807) is 0 Å². The molecule has 1 aliphatic heterocycles. The van der Waals surface area contributed by atoms with Crippen molar-refractivity contribution in [1.29, 1.82) is 0 Å². The molecule has 3 rings (SSSR count). The van der Waals surface area contributed by atoms with E-state index in [1.165, 1.54) is 30.8 Å². The van der Waals surface area contributed by atoms with Crippen molar-refractivity contribution in [3.8, 4) is 5.69 Å². The molecule has 0 aliphatic carbocycles. The minimum Gasteiger partial charge on any atom is -0.300 e. The summed E-state index contributed by atoms with van der Waals surface area (Å²) in [5, 5.41) is 6.85. The number of amidine groups is 1. The predicted molar refractivity (Wildman–Crippen MR) is 91.8 cm³/mol. The molecule has 0 bridgehead atoms. The van der Waals surface area contributed by atoms with Gasteiger partial charge >= 0.3 is 6.18 Å². The molecule has 0 spiro atoms. The highest BCUT2D eigenvalue weighted by Gasteiger charge is 2.30. The van der Waals surface area contributed by atoms with E-state index < -0.39 is 28.8 Å². The molecule has 0 radical (unpaired) electrons. The number of thioether (sulfide) groups is 1. The normalized spacial score (nSPS) is 14.2. The number of rotatable bonds is 2. The smallest absolute Gasteiger partial charge is 0.300 e. The maximum atomic E-state index is 12.9. The van der Waals surface area contributed by atoms with Crippen LogP contribution in [-0.4, -0.2) is 33.2 Å². The van der Waals surface area contributed by atoms with E-state index in [0.29, 0.717) is 17.4 Å². The molecule has 0 atom stereocenters. The van der Waals surface area contributed by atoms with Gasteiger partial charge in [0.1, 0.15) is 0 Å². The first kappa shape index (κ1) is 18.2. The molecule has 1 aromatic heterocycles. The van der Waals surface area contributed by atoms with E-state index in [2.05, 4.69) is 15.4 Å². The number of aryl methyl sites for hydroxylation is 1. The molecule has 0 saturated heterocycles. The van der Waals surface area contributed by atoms with Gasteiger partial charge in [-0.1, -0.05) is 17.8 Å². The maximum Gasteiger partial charge on any atom is 0.416 e. The summed E-state index contributed by atoms with van der Waals surface area (Å²) in [5.41, 5.74) is -1.48. The van der Waals surface area contributed by atoms with Crippen molar-refractivity contribution in [2.45, 2.75) is 13.1 Å². The summed E-state index contributed by atoms with van der Waals surface area (Å²) in [4.78, 5) is 28.4. The van der Waals surface area contributed by atoms with Crippen LogP contribution in [0.3, 0.4) is 0 Å². The number of nitrogens with one attached hydrogen (secondary N) is 1. The van der Waals surface area contributed by atoms with Gasteiger partial charge < -0.3 is 0 Å². The number of hydrogen-bond donors (Lipinski definition) is 1. The zero-order valence-electron chi connectivity index (χ0n) is 13.5. The summed E-state index contributed by atoms with van der Waals surface area (Å²) < 4.78 is 39.9. The third-order valence-electron chi connectivity index (χ3n) is 3.55. The summed E-state index contributed by atoms with van der Waals surface area (Å²) in [6.45, 7) is 2.09. The minimum absolute atomic E-state index is 0.0963. The van der Waals surface area contributed by atoms with E-state index in [4.69, 9.17) is 0 Å². The van der Waals surface area contributed by atoms with Crippen LogP contribution in [0.4, 0.5) is 13.2 Å². The monoisotopic (exact) mass is 382 g/mol. The summed E-state index contributed by atoms with van der Waals surface area (Å²) in [6.07, 6.45) is -4.51. The van der Waals surface area contributed by atoms with Crippen LogP contribution in [-0.2, 0) is 6.18 Å². The number of aliphatic imine (C=N–C) groups is 1. The zero-order valence-corrected chi connectivity index (χ0v) is 14.3. The van der Waals surface area contributed by atoms with Gasteiger partial charge in [-0.15, -0.1) is 0 Å². The highest BCUT2D eigenvalue weighted by Crippen LogP contribution is 2.30. The number of amides is 1. The van der Waals surface area contributed by atoms with Crippen LogP contribution < -0.4 is 10.7 Å². The summed E-state index contributed by atoms with van der Waals surface area (Å²) in [6, 6.07) is 5.65. The molecule has 1 aliphatic rings. The van der Waals surface area contributed by atoms with Gasteiger partial charge in [-0.2, -0.15) is 18.3 Å². The highest BCUT2D eigenvalue weighted by molar-refractivity contribution is 8.14. The molecular formula is C16H13F3N4O2S. The number of aromatic nitrogens is 2. The van der Waals surface area contributed by atoms with Crippen molar-refractivity contribution in [1.82, 2.24) is 15.1 Å². The molecule has 2 heterocycles. The minimum atomic E-state index is -4.51. The maximum absolute atomic E-state index is 12.9. The first-order valence-electron chi connectivity index (χ1n) is 7.53. The van der Waals surface area contributed by atoms with E-state index >= 15 is 0 Å². The Morgan fingerprint density at radius 3 is 2.73 bits per heavy atom. The van der Waals surface area contributed by atoms with Gasteiger partial charge in [-0.25, -0.2) is 4.68 Å². The Balaban J connectivity index is 2.01. The second kappa shape index (κ2) is 6.94. The summed E-state index contributed by atoms with van der Waals surface area (Å²) >= 11 is 1.34. The van der Waals surface area contributed by atoms with Gasteiger partial charge in [0.25, 0.3) is 5.91 Å². The lowest BCUT2D eigenvalue weighted by molar-refractivity contribution is -0.137. The Labute approximate surface area is 150 Å². The van der Waals surface area contributed by atoms with Crippen molar-refractivity contribution >= 4 is 22.8 Å². The number of benzene rings is 1. The molecule has 0 fully saturated rings. The number of carbonyl (C=O) groups excluding carboxylic acids is 1. The SMILES string of the molecule is Cc1cc(=O)c(C(=O)NC2=NCCS2)nn1-c1cccc(C(F)(F)F)c1. The number of halogens is 3. The molecule has 6 nitrogen and oxygen atoms in total. The zero-order chi connectivity index (χ0) is 18.9. The van der Waals surface area contributed by atoms with E-state index in [1.807, 2.05) is 0 Å². The molecule has 2 aromatic rings. The Morgan fingerprint density at radius 1 is 1.31 bits per heavy atom. The average Bonchev–Trinajstić information content (AvgIpc) is 3.07. The topological polar surface area (TPSA) is 76.3 Å². The van der Waals surface area contributed by atoms with Crippen LogP contribution in [0.15, 0.2) is 40.1 Å². The number of hydrogen-bond acceptors (Lipinski definition) is 5. The van der Waals surface area contributed by atoms with Crippen molar-refractivity contribution in [2.24, 2.45) is 4.99 Å². The van der Waals surface area contributed by atoms with Gasteiger partial charge in [0.2, 0.25) is 5.43 Å². The first-order chi connectivity index (χ1) is 12.3. The lowest BCUT2D eigenvalue weighted by Gasteiger charge is -2.13. The van der Waals surface area contributed by atoms with Crippen molar-refractivity contribution in [3.63, 3.8) is 0 Å². The van der Waals surface area contributed by atoms with Crippen LogP contribution in [0.25, 0.3) is 5.69 Å². The van der Waals surface area contributed by atoms with Gasteiger partial charge in [0.05, 0.1) is 17.8 Å². The number of nitrogens with zero attached hydrogens (tertiary/aromatic N) is 3. The molecule has 1 N–H and O–H groups in total. The van der Waals surface area contributed by atoms with Crippen LogP contribution in [0.1, 0.15) is 21.7 Å². The fourth-order valence-corrected chi connectivity index (χ4v) is 3.07. The Bertz CT molecular complexity index is 953. The largest absolute Gasteiger partial charge is 0.416 e. The van der Waals surface area contributed by atoms with Gasteiger partial charge in [-0.05, 0) is 25.1 Å². The molecule has 26 heavy (non-hydrogen) atoms. The molecule has 136 valence electrons. The summed E-state index contributed by atoms with van der Waals surface area (Å²) in [7, 11) is 0. The highest BCUT2D eigenvalue weighted by atomic mass is 32.2. The molecule has 1 aromatic carbocycles. The Hall–Kier alpha value is -2.62. The van der Waals surface area contributed by atoms with Crippen molar-refractivity contribution in [3.05, 3.63) is 57.5 Å². The van der Waals surface area contributed by atoms with E-state index in [0.717, 1.165) is 28.6 Å². The van der Waals surface area contributed by atoms with Crippen LogP contribution in [0, 0.1) is 6.92 Å². The third kappa shape index (κ3) is 3.79. The first-order valence-corrected chi connectivity index (χ1v) is 8.51. The quantitative estimate of drug-likeness (QED) is 0.865. The third-order valence-corrected chi connectivity index (χ3v) is 4.44. The number of alkyl halides is 3. The fourth-order valence-electron chi connectivity index (χ4n) is 2.35. The lowest BCUT2D eigenvalue weighted by Crippen LogP contribution is -2.34. The van der Waals surface area contributed by atoms with Crippen LogP contribution >= 0.6 is 11.8 Å². The van der Waals surface area contributed by atoms with Gasteiger partial charge in [0, 0.05) is 17.5 Å². The molecule has 0 saturated carbocycles. The molecule has 10 heteroatoms. The van der Waals surface area contributed by atoms with Crippen molar-refractivity contribution in [2.75, 3.05) is 12.3 Å². The van der Waals surface area contributed by atoms with Gasteiger partial charge in [0.15, 0.2) is 10.9 Å². The van der Waals surface area contributed by atoms with Gasteiger partial charge in [-0.3, -0.25) is 19.9 Å². The predicted octanol–water partition coefficient (Wildman–Crippen LogP) is 2.39. The second-order valence-corrected chi connectivity index (χ2v) is 6.53. The van der Waals surface area contributed by atoms with Crippen LogP contribution in [0.5, 0.6) is 0 Å². The van der Waals surface area contributed by atoms with E-state index in [9.17, 15) is 22.8 Å². The lowest BCUT2D eigenvalue weighted by atomic mass is 10.2. The summed E-state index contributed by atoms with van der Waals surface area (Å²) in [5.74, 6) is -0.0188. The molecule has 0 unspecified atom stereocenters. The van der Waals surface area contributed by atoms with Crippen molar-refractivity contribution < 1.29 is 18.0 Å². The average molecular weight is 382 g/mol. The second-order valence-electron chi connectivity index (χ2n) is 5.45. The van der Waals surface area contributed by atoms with E-state index in [-0.39, 0.29) is 5.69 Å². The Morgan fingerprint density at radius 2 is 2.08 bits per heavy atom. The Kier molecular flexibility index (Phi) is 4.86. The molecule has 1 amide bonds. The number of carbonyl (C=O) groups is 1. The van der Waals surface area contributed by atoms with Crippen LogP contribution in [0.2, 0.25) is 0 Å². The standard InChI is InChI=1S/C16H13F3N4O2S/c1-9-7-12(24)13(14(25)21-15-20-5-6-26-15)22-23(9)11-4-2-3-10(8-11)16(17,18)19/h2-4,7-8H,5-6H2,1H3,(H,20,21,25). The fraction of sp³-hybridized carbons (Fsp3) is 0.250.